The molecule has 10 heteroatoms. The lowest BCUT2D eigenvalue weighted by molar-refractivity contribution is -0.139. The predicted octanol–water partition coefficient (Wildman–Crippen LogP) is 6.20. The highest BCUT2D eigenvalue weighted by Crippen LogP contribution is 2.40. The lowest BCUT2D eigenvalue weighted by Crippen LogP contribution is -2.40. The molecule has 0 saturated carbocycles. The number of fused-ring (bicyclic) bond motifs is 2. The number of nitrogens with zero attached hydrogens (tertiary/aromatic N) is 2. The second kappa shape index (κ2) is 13.2. The van der Waals surface area contributed by atoms with Gasteiger partial charge in [0.25, 0.3) is 5.56 Å². The summed E-state index contributed by atoms with van der Waals surface area (Å²) < 4.78 is 25.0. The number of halogens is 1. The van der Waals surface area contributed by atoms with E-state index in [0.717, 1.165) is 21.9 Å². The molecule has 6 rings (SSSR count). The van der Waals surface area contributed by atoms with Gasteiger partial charge in [-0.05, 0) is 60.5 Å². The molecule has 1 aromatic heterocycles. The minimum atomic E-state index is -0.825. The van der Waals surface area contributed by atoms with Crippen LogP contribution in [0.25, 0.3) is 16.8 Å². The molecule has 0 N–H and O–H groups in total. The summed E-state index contributed by atoms with van der Waals surface area (Å²) >= 11 is 7.54. The maximum absolute atomic E-state index is 14.3. The van der Waals surface area contributed by atoms with Gasteiger partial charge < -0.3 is 18.9 Å². The van der Waals surface area contributed by atoms with E-state index >= 15 is 0 Å². The zero-order chi connectivity index (χ0) is 32.4. The molecule has 0 amide bonds. The number of hydrogen-bond acceptors (Lipinski definition) is 8. The van der Waals surface area contributed by atoms with Crippen LogP contribution in [0.3, 0.4) is 0 Å². The van der Waals surface area contributed by atoms with Gasteiger partial charge in [0.05, 0.1) is 36.6 Å². The number of rotatable bonds is 9. The Morgan fingerprint density at radius 2 is 1.72 bits per heavy atom. The van der Waals surface area contributed by atoms with E-state index in [0.29, 0.717) is 42.9 Å². The van der Waals surface area contributed by atoms with E-state index in [2.05, 4.69) is 0 Å². The largest absolute Gasteiger partial charge is 0.496 e. The molecule has 0 radical (unpaired) electrons. The SMILES string of the molecule is CCOC(=O)C1=C(C)N=c2s/c(=C\c3ccc(OCc4ccccc4Cl)c(OC)c3)c(=O)n2[C@H]1c1c(OC)ccc2ccccc12. The summed E-state index contributed by atoms with van der Waals surface area (Å²) in [5, 5.41) is 2.42. The molecule has 1 aliphatic rings. The summed E-state index contributed by atoms with van der Waals surface area (Å²) in [6.07, 6.45) is 1.78. The van der Waals surface area contributed by atoms with Crippen LogP contribution in [0, 0.1) is 0 Å². The topological polar surface area (TPSA) is 88.4 Å². The van der Waals surface area contributed by atoms with E-state index in [9.17, 15) is 9.59 Å². The number of benzene rings is 4. The fourth-order valence-corrected chi connectivity index (χ4v) is 6.85. The second-order valence-electron chi connectivity index (χ2n) is 10.5. The molecule has 0 fully saturated rings. The van der Waals surface area contributed by atoms with Crippen LogP contribution in [0.2, 0.25) is 5.02 Å². The monoisotopic (exact) mass is 654 g/mol. The highest BCUT2D eigenvalue weighted by molar-refractivity contribution is 7.07. The smallest absolute Gasteiger partial charge is 0.338 e. The third kappa shape index (κ3) is 5.79. The third-order valence-electron chi connectivity index (χ3n) is 7.77. The van der Waals surface area contributed by atoms with E-state index in [1.54, 1.807) is 50.8 Å². The van der Waals surface area contributed by atoms with Gasteiger partial charge in [-0.1, -0.05) is 77.5 Å². The van der Waals surface area contributed by atoms with Crippen molar-refractivity contribution >= 4 is 45.8 Å². The Bertz CT molecular complexity index is 2190. The standard InChI is InChI=1S/C36H31ClN2O6S/c1-5-44-35(41)31-21(2)38-36-39(33(31)32-25-12-8-6-10-23(25)15-17-28(32)42-3)34(40)30(46-36)19-22-14-16-27(29(18-22)43-4)45-20-24-11-7-9-13-26(24)37/h6-19,33H,5,20H2,1-4H3/b30-19-/t33-/m1/s1. The highest BCUT2D eigenvalue weighted by atomic mass is 35.5. The van der Waals surface area contributed by atoms with Gasteiger partial charge >= 0.3 is 5.97 Å². The Hall–Kier alpha value is -4.86. The van der Waals surface area contributed by atoms with Crippen LogP contribution >= 0.6 is 22.9 Å². The van der Waals surface area contributed by atoms with Crippen molar-refractivity contribution in [2.24, 2.45) is 4.99 Å². The molecular formula is C36H31ClN2O6S. The van der Waals surface area contributed by atoms with Gasteiger partial charge in [-0.2, -0.15) is 0 Å². The maximum Gasteiger partial charge on any atom is 0.338 e. The van der Waals surface area contributed by atoms with Gasteiger partial charge in [0.15, 0.2) is 16.3 Å². The van der Waals surface area contributed by atoms with Gasteiger partial charge in [-0.25, -0.2) is 9.79 Å². The molecule has 5 aromatic rings. The third-order valence-corrected chi connectivity index (χ3v) is 9.12. The average molecular weight is 655 g/mol. The molecular weight excluding hydrogens is 624 g/mol. The molecule has 0 aliphatic carbocycles. The number of ether oxygens (including phenoxy) is 4. The molecule has 1 atom stereocenters. The van der Waals surface area contributed by atoms with Crippen LogP contribution in [-0.2, 0) is 16.1 Å². The normalized spacial score (nSPS) is 14.5. The molecule has 4 aromatic carbocycles. The number of aromatic nitrogens is 1. The van der Waals surface area contributed by atoms with E-state index in [1.165, 1.54) is 11.3 Å². The van der Waals surface area contributed by atoms with Crippen LogP contribution < -0.4 is 29.1 Å². The Balaban J connectivity index is 1.48. The highest BCUT2D eigenvalue weighted by Gasteiger charge is 2.36. The van der Waals surface area contributed by atoms with Crippen molar-refractivity contribution in [3.05, 3.63) is 132 Å². The van der Waals surface area contributed by atoms with Crippen molar-refractivity contribution < 1.29 is 23.7 Å². The van der Waals surface area contributed by atoms with Crippen molar-refractivity contribution in [1.29, 1.82) is 0 Å². The summed E-state index contributed by atoms with van der Waals surface area (Å²) in [7, 11) is 3.14. The maximum atomic E-state index is 14.3. The number of carbonyl (C=O) groups excluding carboxylic acids is 1. The Kier molecular flexibility index (Phi) is 8.96. The summed E-state index contributed by atoms with van der Waals surface area (Å²) in [6.45, 7) is 3.96. The van der Waals surface area contributed by atoms with Crippen LogP contribution in [0.15, 0.2) is 99.9 Å². The first kappa shape index (κ1) is 31.1. The fraction of sp³-hybridized carbons (Fsp3) is 0.194. The number of hydrogen-bond donors (Lipinski definition) is 0. The molecule has 0 unspecified atom stereocenters. The van der Waals surface area contributed by atoms with Crippen LogP contribution in [-0.4, -0.2) is 31.4 Å². The summed E-state index contributed by atoms with van der Waals surface area (Å²) in [6, 6.07) is 23.7. The number of methoxy groups -OCH3 is 2. The molecule has 0 saturated heterocycles. The van der Waals surface area contributed by atoms with Gasteiger partial charge in [-0.15, -0.1) is 0 Å². The van der Waals surface area contributed by atoms with Crippen molar-refractivity contribution in [3.63, 3.8) is 0 Å². The lowest BCUT2D eigenvalue weighted by atomic mass is 9.90. The zero-order valence-electron chi connectivity index (χ0n) is 25.7. The van der Waals surface area contributed by atoms with Gasteiger partial charge in [0, 0.05) is 16.1 Å². The van der Waals surface area contributed by atoms with Crippen LogP contribution in [0.1, 0.15) is 36.6 Å². The zero-order valence-corrected chi connectivity index (χ0v) is 27.3. The first-order valence-corrected chi connectivity index (χ1v) is 15.8. The van der Waals surface area contributed by atoms with Crippen LogP contribution in [0.4, 0.5) is 0 Å². The van der Waals surface area contributed by atoms with Crippen molar-refractivity contribution in [3.8, 4) is 17.2 Å². The molecule has 8 nitrogen and oxygen atoms in total. The van der Waals surface area contributed by atoms with E-state index in [-0.39, 0.29) is 24.3 Å². The molecule has 2 heterocycles. The Morgan fingerprint density at radius 1 is 0.978 bits per heavy atom. The van der Waals surface area contributed by atoms with Gasteiger partial charge in [0.2, 0.25) is 0 Å². The fourth-order valence-electron chi connectivity index (χ4n) is 5.62. The van der Waals surface area contributed by atoms with Gasteiger partial charge in [0.1, 0.15) is 18.4 Å². The van der Waals surface area contributed by atoms with Crippen molar-refractivity contribution in [2.75, 3.05) is 20.8 Å². The number of allylic oxidation sites excluding steroid dienone is 1. The first-order valence-electron chi connectivity index (χ1n) is 14.6. The summed E-state index contributed by atoms with van der Waals surface area (Å²) in [5.41, 5.74) is 2.74. The van der Waals surface area contributed by atoms with Crippen molar-refractivity contribution in [1.82, 2.24) is 4.57 Å². The minimum absolute atomic E-state index is 0.180. The molecule has 234 valence electrons. The van der Waals surface area contributed by atoms with Gasteiger partial charge in [-0.3, -0.25) is 9.36 Å². The summed E-state index contributed by atoms with van der Waals surface area (Å²) in [5.74, 6) is 1.06. The minimum Gasteiger partial charge on any atom is -0.496 e. The first-order chi connectivity index (χ1) is 22.3. The molecule has 1 aliphatic heterocycles. The molecule has 0 spiro atoms. The number of carbonyl (C=O) groups is 1. The van der Waals surface area contributed by atoms with E-state index < -0.39 is 12.0 Å². The molecule has 46 heavy (non-hydrogen) atoms. The Labute approximate surface area is 274 Å². The number of thiazole rings is 1. The quantitative estimate of drug-likeness (QED) is 0.176. The van der Waals surface area contributed by atoms with Crippen molar-refractivity contribution in [2.45, 2.75) is 26.5 Å². The summed E-state index contributed by atoms with van der Waals surface area (Å²) in [4.78, 5) is 32.9. The van der Waals surface area contributed by atoms with E-state index in [4.69, 9.17) is 35.5 Å². The number of esters is 1. The second-order valence-corrected chi connectivity index (χ2v) is 11.9. The lowest BCUT2D eigenvalue weighted by Gasteiger charge is -2.27. The van der Waals surface area contributed by atoms with Crippen LogP contribution in [0.5, 0.6) is 17.2 Å². The predicted molar refractivity (Wildman–Crippen MR) is 180 cm³/mol. The van der Waals surface area contributed by atoms with E-state index in [1.807, 2.05) is 66.7 Å². The molecule has 0 bridgehead atoms. The average Bonchev–Trinajstić information content (AvgIpc) is 3.37. The Morgan fingerprint density at radius 3 is 2.48 bits per heavy atom.